The minimum atomic E-state index is -0.400. The van der Waals surface area contributed by atoms with Gasteiger partial charge in [-0.2, -0.15) is 0 Å². The van der Waals surface area contributed by atoms with Crippen LogP contribution in [0.1, 0.15) is 44.1 Å². The van der Waals surface area contributed by atoms with Crippen LogP contribution in [0.3, 0.4) is 0 Å². The first kappa shape index (κ1) is 12.3. The van der Waals surface area contributed by atoms with Crippen molar-refractivity contribution in [2.45, 2.75) is 45.1 Å². The number of nitrogens with one attached hydrogen (secondary N) is 1. The van der Waals surface area contributed by atoms with Crippen molar-refractivity contribution in [1.82, 2.24) is 9.97 Å². The van der Waals surface area contributed by atoms with Crippen molar-refractivity contribution in [2.75, 3.05) is 7.11 Å². The molecule has 1 aliphatic rings. The second-order valence-electron chi connectivity index (χ2n) is 5.14. The van der Waals surface area contributed by atoms with E-state index in [4.69, 9.17) is 4.74 Å². The van der Waals surface area contributed by atoms with Gasteiger partial charge in [0.05, 0.1) is 0 Å². The molecule has 4 heteroatoms. The first-order chi connectivity index (χ1) is 8.05. The molecule has 1 aromatic rings. The van der Waals surface area contributed by atoms with Gasteiger partial charge in [0, 0.05) is 18.9 Å². The number of hydrogen-bond acceptors (Lipinski definition) is 3. The van der Waals surface area contributed by atoms with Crippen molar-refractivity contribution in [3.63, 3.8) is 0 Å². The Bertz CT molecular complexity index is 455. The Morgan fingerprint density at radius 1 is 1.59 bits per heavy atom. The molecule has 0 spiro atoms. The van der Waals surface area contributed by atoms with Crippen molar-refractivity contribution in [1.29, 1.82) is 0 Å². The fraction of sp³-hybridized carbons (Fsp3) is 0.692. The van der Waals surface area contributed by atoms with Crippen molar-refractivity contribution in [3.8, 4) is 0 Å². The molecule has 0 aromatic carbocycles. The summed E-state index contributed by atoms with van der Waals surface area (Å²) in [6.07, 6.45) is 4.20. The molecule has 0 bridgehead atoms. The summed E-state index contributed by atoms with van der Waals surface area (Å²) in [5.74, 6) is 1.30. The number of hydrogen-bond donors (Lipinski definition) is 1. The summed E-state index contributed by atoms with van der Waals surface area (Å²) in [7, 11) is 1.71. The van der Waals surface area contributed by atoms with Crippen LogP contribution in [0.4, 0.5) is 0 Å². The van der Waals surface area contributed by atoms with E-state index >= 15 is 0 Å². The minimum Gasteiger partial charge on any atom is -0.370 e. The molecular weight excluding hydrogens is 216 g/mol. The molecule has 94 valence electrons. The lowest BCUT2D eigenvalue weighted by molar-refractivity contribution is -0.0648. The lowest BCUT2D eigenvalue weighted by atomic mass is 9.78. The molecule has 17 heavy (non-hydrogen) atoms. The smallest absolute Gasteiger partial charge is 0.251 e. The molecule has 2 rings (SSSR count). The number of aromatic nitrogens is 2. The average molecular weight is 236 g/mol. The summed E-state index contributed by atoms with van der Waals surface area (Å²) in [5.41, 5.74) is 0.253. The Labute approximate surface area is 101 Å². The highest BCUT2D eigenvalue weighted by molar-refractivity contribution is 5.09. The predicted molar refractivity (Wildman–Crippen MR) is 65.9 cm³/mol. The van der Waals surface area contributed by atoms with Gasteiger partial charge in [-0.1, -0.05) is 13.3 Å². The van der Waals surface area contributed by atoms with Crippen LogP contribution in [0.2, 0.25) is 0 Å². The summed E-state index contributed by atoms with van der Waals surface area (Å²) < 4.78 is 5.71. The van der Waals surface area contributed by atoms with E-state index in [9.17, 15) is 4.79 Å². The van der Waals surface area contributed by atoms with Gasteiger partial charge in [0.15, 0.2) is 0 Å². The number of aryl methyl sites for hydroxylation is 1. The molecule has 2 unspecified atom stereocenters. The van der Waals surface area contributed by atoms with E-state index in [1.54, 1.807) is 7.11 Å². The van der Waals surface area contributed by atoms with Crippen LogP contribution in [0, 0.1) is 12.8 Å². The number of ether oxygens (including phenoxy) is 1. The van der Waals surface area contributed by atoms with Gasteiger partial charge in [-0.05, 0) is 32.1 Å². The van der Waals surface area contributed by atoms with E-state index in [1.165, 1.54) is 12.5 Å². The van der Waals surface area contributed by atoms with Crippen LogP contribution in [-0.4, -0.2) is 17.1 Å². The zero-order valence-electron chi connectivity index (χ0n) is 10.7. The lowest BCUT2D eigenvalue weighted by Crippen LogP contribution is -2.37. The standard InChI is InChI=1S/C13H20N2O2/c1-9-5-4-6-13(8-9,17-3)12-14-10(2)7-11(16)15-12/h7,9H,4-6,8H2,1-3H3,(H,14,15,16). The molecule has 0 amide bonds. The molecule has 0 saturated heterocycles. The van der Waals surface area contributed by atoms with Crippen LogP contribution < -0.4 is 5.56 Å². The van der Waals surface area contributed by atoms with Gasteiger partial charge >= 0.3 is 0 Å². The molecule has 1 N–H and O–H groups in total. The Morgan fingerprint density at radius 3 is 2.94 bits per heavy atom. The second-order valence-corrected chi connectivity index (χ2v) is 5.14. The molecule has 0 radical (unpaired) electrons. The van der Waals surface area contributed by atoms with Gasteiger partial charge in [0.2, 0.25) is 0 Å². The van der Waals surface area contributed by atoms with Crippen LogP contribution in [0.5, 0.6) is 0 Å². The molecule has 1 heterocycles. The fourth-order valence-corrected chi connectivity index (χ4v) is 2.80. The Kier molecular flexibility index (Phi) is 3.33. The fourth-order valence-electron chi connectivity index (χ4n) is 2.80. The molecule has 1 aromatic heterocycles. The van der Waals surface area contributed by atoms with Gasteiger partial charge < -0.3 is 9.72 Å². The Morgan fingerprint density at radius 2 is 2.35 bits per heavy atom. The third-order valence-corrected chi connectivity index (χ3v) is 3.65. The largest absolute Gasteiger partial charge is 0.370 e. The first-order valence-electron chi connectivity index (χ1n) is 6.19. The number of rotatable bonds is 2. The summed E-state index contributed by atoms with van der Waals surface area (Å²) >= 11 is 0. The van der Waals surface area contributed by atoms with Crippen molar-refractivity contribution in [3.05, 3.63) is 27.9 Å². The average Bonchev–Trinajstić information content (AvgIpc) is 2.27. The molecule has 2 atom stereocenters. The van der Waals surface area contributed by atoms with Crippen molar-refractivity contribution < 1.29 is 4.74 Å². The third-order valence-electron chi connectivity index (χ3n) is 3.65. The molecule has 1 aliphatic carbocycles. The maximum absolute atomic E-state index is 11.5. The van der Waals surface area contributed by atoms with Gasteiger partial charge in [-0.15, -0.1) is 0 Å². The molecule has 0 aliphatic heterocycles. The number of methoxy groups -OCH3 is 1. The number of H-pyrrole nitrogens is 1. The Hall–Kier alpha value is -1.16. The van der Waals surface area contributed by atoms with Gasteiger partial charge in [-0.25, -0.2) is 4.98 Å². The van der Waals surface area contributed by atoms with E-state index in [0.717, 1.165) is 25.0 Å². The molecule has 1 fully saturated rings. The molecular formula is C13H20N2O2. The monoisotopic (exact) mass is 236 g/mol. The van der Waals surface area contributed by atoms with E-state index in [-0.39, 0.29) is 5.56 Å². The van der Waals surface area contributed by atoms with Crippen LogP contribution in [-0.2, 0) is 10.3 Å². The second kappa shape index (κ2) is 4.61. The first-order valence-corrected chi connectivity index (χ1v) is 6.19. The lowest BCUT2D eigenvalue weighted by Gasteiger charge is -2.37. The highest BCUT2D eigenvalue weighted by Crippen LogP contribution is 2.40. The molecule has 1 saturated carbocycles. The van der Waals surface area contributed by atoms with E-state index in [0.29, 0.717) is 11.7 Å². The normalized spacial score (nSPS) is 29.2. The zero-order chi connectivity index (χ0) is 12.5. The summed E-state index contributed by atoms with van der Waals surface area (Å²) in [6, 6.07) is 1.51. The van der Waals surface area contributed by atoms with Crippen molar-refractivity contribution >= 4 is 0 Å². The van der Waals surface area contributed by atoms with Gasteiger partial charge in [0.25, 0.3) is 5.56 Å². The van der Waals surface area contributed by atoms with Crippen LogP contribution >= 0.6 is 0 Å². The molecule has 4 nitrogen and oxygen atoms in total. The maximum atomic E-state index is 11.5. The van der Waals surface area contributed by atoms with Gasteiger partial charge in [-0.3, -0.25) is 4.79 Å². The topological polar surface area (TPSA) is 55.0 Å². The summed E-state index contributed by atoms with van der Waals surface area (Å²) in [6.45, 7) is 4.06. The van der Waals surface area contributed by atoms with E-state index < -0.39 is 5.60 Å². The third kappa shape index (κ3) is 2.41. The highest BCUT2D eigenvalue weighted by Gasteiger charge is 2.39. The highest BCUT2D eigenvalue weighted by atomic mass is 16.5. The van der Waals surface area contributed by atoms with E-state index in [1.807, 2.05) is 6.92 Å². The number of nitrogens with zero attached hydrogens (tertiary/aromatic N) is 1. The zero-order valence-corrected chi connectivity index (χ0v) is 10.7. The van der Waals surface area contributed by atoms with Crippen LogP contribution in [0.25, 0.3) is 0 Å². The quantitative estimate of drug-likeness (QED) is 0.855. The van der Waals surface area contributed by atoms with Gasteiger partial charge in [0.1, 0.15) is 11.4 Å². The summed E-state index contributed by atoms with van der Waals surface area (Å²) in [5, 5.41) is 0. The minimum absolute atomic E-state index is 0.0952. The maximum Gasteiger partial charge on any atom is 0.251 e. The predicted octanol–water partition coefficient (Wildman–Crippen LogP) is 2.13. The summed E-state index contributed by atoms with van der Waals surface area (Å²) in [4.78, 5) is 18.8. The SMILES string of the molecule is COC1(c2nc(C)cc(=O)[nH]2)CCCC(C)C1. The number of aromatic amines is 1. The van der Waals surface area contributed by atoms with Crippen molar-refractivity contribution in [2.24, 2.45) is 5.92 Å². The van der Waals surface area contributed by atoms with E-state index in [2.05, 4.69) is 16.9 Å². The van der Waals surface area contributed by atoms with Crippen LogP contribution in [0.15, 0.2) is 10.9 Å². The Balaban J connectivity index is 2.43.